The summed E-state index contributed by atoms with van der Waals surface area (Å²) in [6, 6.07) is 2.14. The van der Waals surface area contributed by atoms with E-state index in [4.69, 9.17) is 10.5 Å². The third kappa shape index (κ3) is 3.68. The van der Waals surface area contributed by atoms with Gasteiger partial charge in [0.25, 0.3) is 0 Å². The number of nitrogens with two attached hydrogens (primary N) is 1. The van der Waals surface area contributed by atoms with E-state index < -0.39 is 23.6 Å². The first-order chi connectivity index (χ1) is 8.23. The molecule has 0 fully saturated rings. The van der Waals surface area contributed by atoms with Crippen LogP contribution in [0.1, 0.15) is 31.0 Å². The Hall–Kier alpha value is -1.14. The Morgan fingerprint density at radius 1 is 1.28 bits per heavy atom. The summed E-state index contributed by atoms with van der Waals surface area (Å²) < 4.78 is 56.3. The Labute approximate surface area is 103 Å². The van der Waals surface area contributed by atoms with Crippen molar-refractivity contribution in [2.75, 3.05) is 6.61 Å². The second kappa shape index (κ2) is 5.67. The van der Waals surface area contributed by atoms with Crippen LogP contribution in [-0.2, 0) is 10.9 Å². The molecule has 0 aromatic heterocycles. The first-order valence-corrected chi connectivity index (χ1v) is 5.46. The molecule has 0 amide bonds. The fourth-order valence-electron chi connectivity index (χ4n) is 1.44. The van der Waals surface area contributed by atoms with Gasteiger partial charge in [-0.25, -0.2) is 4.39 Å². The molecule has 0 saturated heterocycles. The highest BCUT2D eigenvalue weighted by Gasteiger charge is 2.35. The molecular weight excluding hydrogens is 250 g/mol. The number of rotatable bonds is 4. The molecule has 0 bridgehead atoms. The van der Waals surface area contributed by atoms with Gasteiger partial charge in [-0.15, -0.1) is 0 Å². The molecule has 6 heteroatoms. The van der Waals surface area contributed by atoms with Gasteiger partial charge in [-0.1, -0.05) is 12.1 Å². The molecule has 0 aliphatic heterocycles. The Morgan fingerprint density at radius 2 is 1.89 bits per heavy atom. The van der Waals surface area contributed by atoms with Gasteiger partial charge >= 0.3 is 6.18 Å². The maximum atomic E-state index is 13.7. The number of hydrogen-bond acceptors (Lipinski definition) is 2. The molecule has 0 aliphatic rings. The minimum Gasteiger partial charge on any atom is -0.377 e. The van der Waals surface area contributed by atoms with Gasteiger partial charge < -0.3 is 10.5 Å². The zero-order chi connectivity index (χ0) is 13.9. The molecule has 1 aromatic rings. The largest absolute Gasteiger partial charge is 0.419 e. The molecule has 0 spiro atoms. The molecule has 18 heavy (non-hydrogen) atoms. The van der Waals surface area contributed by atoms with Crippen molar-refractivity contribution < 1.29 is 22.3 Å². The molecule has 0 saturated carbocycles. The first kappa shape index (κ1) is 14.9. The number of ether oxygens (including phenoxy) is 1. The lowest BCUT2D eigenvalue weighted by atomic mass is 10.0. The third-order valence-corrected chi connectivity index (χ3v) is 2.34. The Bertz CT molecular complexity index is 404. The molecular formula is C12H15F4NO. The standard InChI is InChI=1S/C12H15F4NO/c1-7(2)18-6-10(17)8-4-3-5-9(11(8)13)12(14,15)16/h3-5,7,10H,6,17H2,1-2H3. The molecule has 2 nitrogen and oxygen atoms in total. The van der Waals surface area contributed by atoms with Crippen molar-refractivity contribution >= 4 is 0 Å². The quantitative estimate of drug-likeness (QED) is 0.848. The normalized spacial score (nSPS) is 14.0. The van der Waals surface area contributed by atoms with Crippen LogP contribution in [0.2, 0.25) is 0 Å². The average molecular weight is 265 g/mol. The zero-order valence-electron chi connectivity index (χ0n) is 10.1. The highest BCUT2D eigenvalue weighted by molar-refractivity contribution is 5.30. The lowest BCUT2D eigenvalue weighted by Crippen LogP contribution is -2.22. The summed E-state index contributed by atoms with van der Waals surface area (Å²) in [5, 5.41) is 0. The second-order valence-corrected chi connectivity index (χ2v) is 4.20. The van der Waals surface area contributed by atoms with Crippen LogP contribution in [0.4, 0.5) is 17.6 Å². The first-order valence-electron chi connectivity index (χ1n) is 5.46. The van der Waals surface area contributed by atoms with Gasteiger partial charge in [-0.05, 0) is 19.9 Å². The second-order valence-electron chi connectivity index (χ2n) is 4.20. The van der Waals surface area contributed by atoms with Gasteiger partial charge in [0.05, 0.1) is 24.3 Å². The van der Waals surface area contributed by atoms with Crippen LogP contribution in [0.3, 0.4) is 0 Å². The van der Waals surface area contributed by atoms with E-state index in [0.29, 0.717) is 6.07 Å². The van der Waals surface area contributed by atoms with Gasteiger partial charge in [0.15, 0.2) is 0 Å². The summed E-state index contributed by atoms with van der Waals surface area (Å²) >= 11 is 0. The topological polar surface area (TPSA) is 35.2 Å². The number of halogens is 4. The van der Waals surface area contributed by atoms with Crippen LogP contribution in [0.25, 0.3) is 0 Å². The van der Waals surface area contributed by atoms with Crippen LogP contribution >= 0.6 is 0 Å². The minimum absolute atomic E-state index is 0.0318. The Kier molecular flexibility index (Phi) is 4.70. The van der Waals surface area contributed by atoms with Crippen molar-refractivity contribution in [2.24, 2.45) is 5.73 Å². The number of benzene rings is 1. The van der Waals surface area contributed by atoms with E-state index >= 15 is 0 Å². The zero-order valence-corrected chi connectivity index (χ0v) is 10.1. The summed E-state index contributed by atoms with van der Waals surface area (Å²) in [5.74, 6) is -1.33. The Morgan fingerprint density at radius 3 is 2.39 bits per heavy atom. The molecule has 102 valence electrons. The van der Waals surface area contributed by atoms with Crippen LogP contribution in [0, 0.1) is 5.82 Å². The summed E-state index contributed by atoms with van der Waals surface area (Å²) in [6.45, 7) is 3.49. The van der Waals surface area contributed by atoms with Crippen molar-refractivity contribution in [1.82, 2.24) is 0 Å². The van der Waals surface area contributed by atoms with Gasteiger partial charge in [0.1, 0.15) is 5.82 Å². The van der Waals surface area contributed by atoms with Crippen LogP contribution in [0.5, 0.6) is 0 Å². The van der Waals surface area contributed by atoms with E-state index in [0.717, 1.165) is 6.07 Å². The van der Waals surface area contributed by atoms with E-state index in [1.165, 1.54) is 6.07 Å². The van der Waals surface area contributed by atoms with Gasteiger partial charge in [0, 0.05) is 5.56 Å². The van der Waals surface area contributed by atoms with E-state index in [1.807, 2.05) is 0 Å². The molecule has 0 aliphatic carbocycles. The van der Waals surface area contributed by atoms with Crippen molar-refractivity contribution in [3.05, 3.63) is 35.1 Å². The lowest BCUT2D eigenvalue weighted by molar-refractivity contribution is -0.140. The monoisotopic (exact) mass is 265 g/mol. The highest BCUT2D eigenvalue weighted by atomic mass is 19.4. The van der Waals surface area contributed by atoms with E-state index in [9.17, 15) is 17.6 Å². The molecule has 2 N–H and O–H groups in total. The third-order valence-electron chi connectivity index (χ3n) is 2.34. The summed E-state index contributed by atoms with van der Waals surface area (Å²) in [5.41, 5.74) is 4.13. The molecule has 1 aromatic carbocycles. The molecule has 0 radical (unpaired) electrons. The van der Waals surface area contributed by atoms with Gasteiger partial charge in [-0.2, -0.15) is 13.2 Å². The highest BCUT2D eigenvalue weighted by Crippen LogP contribution is 2.33. The van der Waals surface area contributed by atoms with Crippen molar-refractivity contribution in [3.63, 3.8) is 0 Å². The van der Waals surface area contributed by atoms with Crippen molar-refractivity contribution in [3.8, 4) is 0 Å². The average Bonchev–Trinajstić information content (AvgIpc) is 2.24. The summed E-state index contributed by atoms with van der Waals surface area (Å²) in [4.78, 5) is 0. The van der Waals surface area contributed by atoms with E-state index in [-0.39, 0.29) is 18.3 Å². The molecule has 1 unspecified atom stereocenters. The molecule has 0 heterocycles. The minimum atomic E-state index is -4.72. The summed E-state index contributed by atoms with van der Waals surface area (Å²) in [6.07, 6.45) is -4.84. The Balaban J connectivity index is 2.96. The SMILES string of the molecule is CC(C)OCC(N)c1cccc(C(F)(F)F)c1F. The fraction of sp³-hybridized carbons (Fsp3) is 0.500. The number of hydrogen-bond donors (Lipinski definition) is 1. The van der Waals surface area contributed by atoms with Crippen LogP contribution < -0.4 is 5.73 Å². The lowest BCUT2D eigenvalue weighted by Gasteiger charge is -2.17. The van der Waals surface area contributed by atoms with Crippen LogP contribution in [0.15, 0.2) is 18.2 Å². The van der Waals surface area contributed by atoms with E-state index in [2.05, 4.69) is 0 Å². The van der Waals surface area contributed by atoms with Crippen molar-refractivity contribution in [1.29, 1.82) is 0 Å². The predicted molar refractivity (Wildman–Crippen MR) is 59.4 cm³/mol. The maximum absolute atomic E-state index is 13.7. The summed E-state index contributed by atoms with van der Waals surface area (Å²) in [7, 11) is 0. The number of alkyl halides is 3. The van der Waals surface area contributed by atoms with E-state index in [1.54, 1.807) is 13.8 Å². The fourth-order valence-corrected chi connectivity index (χ4v) is 1.44. The smallest absolute Gasteiger partial charge is 0.377 e. The molecule has 1 rings (SSSR count). The maximum Gasteiger partial charge on any atom is 0.419 e. The van der Waals surface area contributed by atoms with Gasteiger partial charge in [-0.3, -0.25) is 0 Å². The van der Waals surface area contributed by atoms with Crippen LogP contribution in [-0.4, -0.2) is 12.7 Å². The van der Waals surface area contributed by atoms with Gasteiger partial charge in [0.2, 0.25) is 0 Å². The molecule has 1 atom stereocenters. The van der Waals surface area contributed by atoms with Crippen molar-refractivity contribution in [2.45, 2.75) is 32.2 Å². The predicted octanol–water partition coefficient (Wildman–Crippen LogP) is 3.27.